The number of hydrogen-bond donors (Lipinski definition) is 1. The van der Waals surface area contributed by atoms with Crippen LogP contribution in [0, 0.1) is 11.3 Å². The zero-order valence-electron chi connectivity index (χ0n) is 18.3. The van der Waals surface area contributed by atoms with Crippen molar-refractivity contribution in [3.05, 3.63) is 100 Å². The molecule has 1 aromatic heterocycles. The predicted molar refractivity (Wildman–Crippen MR) is 124 cm³/mol. The van der Waals surface area contributed by atoms with E-state index < -0.39 is 17.8 Å². The average molecular weight is 452 g/mol. The monoisotopic (exact) mass is 452 g/mol. The van der Waals surface area contributed by atoms with Crippen LogP contribution in [0.25, 0.3) is 17.4 Å². The summed E-state index contributed by atoms with van der Waals surface area (Å²) in [7, 11) is 0. The van der Waals surface area contributed by atoms with Crippen molar-refractivity contribution < 1.29 is 23.9 Å². The van der Waals surface area contributed by atoms with Crippen molar-refractivity contribution in [3.8, 4) is 17.4 Å². The van der Waals surface area contributed by atoms with E-state index in [9.17, 15) is 19.6 Å². The van der Waals surface area contributed by atoms with E-state index in [1.165, 1.54) is 18.2 Å². The molecule has 0 fully saturated rings. The maximum atomic E-state index is 13.2. The van der Waals surface area contributed by atoms with Gasteiger partial charge in [0, 0.05) is 17.7 Å². The molecule has 0 atom stereocenters. The molecular formula is C27H20N2O5. The van der Waals surface area contributed by atoms with E-state index in [0.29, 0.717) is 29.1 Å². The standard InChI is InChI=1S/C27H20N2O5/c1-17-22(15-21-11-12-24(34-21)19-7-9-20(10-8-19)27(32)33)25(30)29(26(31)23(17)16-28)14-13-18-5-3-2-4-6-18/h2-12,15H,13-14H2,1H3,(H,32,33)/b22-15-. The highest BCUT2D eigenvalue weighted by molar-refractivity contribution is 6.19. The van der Waals surface area contributed by atoms with Crippen molar-refractivity contribution in [2.75, 3.05) is 6.54 Å². The second kappa shape index (κ2) is 9.43. The zero-order valence-corrected chi connectivity index (χ0v) is 18.3. The minimum Gasteiger partial charge on any atom is -0.478 e. The molecule has 34 heavy (non-hydrogen) atoms. The summed E-state index contributed by atoms with van der Waals surface area (Å²) in [4.78, 5) is 38.1. The molecule has 1 aliphatic heterocycles. The Hall–Kier alpha value is -4.70. The predicted octanol–water partition coefficient (Wildman–Crippen LogP) is 4.48. The van der Waals surface area contributed by atoms with Crippen LogP contribution in [0.3, 0.4) is 0 Å². The number of aromatic carboxylic acids is 1. The Morgan fingerprint density at radius 3 is 2.38 bits per heavy atom. The number of hydrogen-bond acceptors (Lipinski definition) is 5. The molecule has 0 saturated heterocycles. The van der Waals surface area contributed by atoms with Gasteiger partial charge in [-0.05, 0) is 54.8 Å². The van der Waals surface area contributed by atoms with E-state index in [2.05, 4.69) is 0 Å². The Morgan fingerprint density at radius 1 is 1.03 bits per heavy atom. The molecule has 7 heteroatoms. The van der Waals surface area contributed by atoms with Crippen LogP contribution in [0.4, 0.5) is 0 Å². The van der Waals surface area contributed by atoms with Crippen LogP contribution < -0.4 is 0 Å². The van der Waals surface area contributed by atoms with Crippen LogP contribution >= 0.6 is 0 Å². The fourth-order valence-corrected chi connectivity index (χ4v) is 3.72. The first-order valence-electron chi connectivity index (χ1n) is 10.6. The molecule has 2 amide bonds. The number of nitriles is 1. The highest BCUT2D eigenvalue weighted by atomic mass is 16.4. The van der Waals surface area contributed by atoms with Crippen LogP contribution in [-0.4, -0.2) is 34.3 Å². The highest BCUT2D eigenvalue weighted by Crippen LogP contribution is 2.29. The van der Waals surface area contributed by atoms with E-state index in [0.717, 1.165) is 10.5 Å². The fourth-order valence-electron chi connectivity index (χ4n) is 3.72. The third kappa shape index (κ3) is 4.43. The molecule has 0 unspecified atom stereocenters. The van der Waals surface area contributed by atoms with Crippen LogP contribution in [0.1, 0.15) is 28.6 Å². The van der Waals surface area contributed by atoms with Crippen LogP contribution in [0.15, 0.2) is 87.9 Å². The van der Waals surface area contributed by atoms with E-state index in [-0.39, 0.29) is 23.3 Å². The van der Waals surface area contributed by atoms with Gasteiger partial charge in [0.25, 0.3) is 11.8 Å². The van der Waals surface area contributed by atoms with Crippen LogP contribution in [0.5, 0.6) is 0 Å². The van der Waals surface area contributed by atoms with Gasteiger partial charge in [0.15, 0.2) is 0 Å². The number of imide groups is 1. The second-order valence-corrected chi connectivity index (χ2v) is 7.75. The normalized spacial score (nSPS) is 15.1. The topological polar surface area (TPSA) is 112 Å². The molecular weight excluding hydrogens is 432 g/mol. The van der Waals surface area contributed by atoms with Crippen molar-refractivity contribution in [1.82, 2.24) is 4.90 Å². The lowest BCUT2D eigenvalue weighted by molar-refractivity contribution is -0.140. The summed E-state index contributed by atoms with van der Waals surface area (Å²) in [6, 6.07) is 21.0. The molecule has 4 rings (SSSR count). The summed E-state index contributed by atoms with van der Waals surface area (Å²) < 4.78 is 5.84. The van der Waals surface area contributed by atoms with Crippen LogP contribution in [0.2, 0.25) is 0 Å². The van der Waals surface area contributed by atoms with Crippen molar-refractivity contribution in [2.45, 2.75) is 13.3 Å². The number of amides is 2. The molecule has 0 aliphatic carbocycles. The lowest BCUT2D eigenvalue weighted by Crippen LogP contribution is -2.43. The molecule has 0 saturated carbocycles. The number of furan rings is 1. The van der Waals surface area contributed by atoms with Gasteiger partial charge in [-0.3, -0.25) is 14.5 Å². The van der Waals surface area contributed by atoms with Crippen molar-refractivity contribution in [1.29, 1.82) is 5.26 Å². The Labute approximate surface area is 195 Å². The Bertz CT molecular complexity index is 1370. The maximum Gasteiger partial charge on any atom is 0.335 e. The summed E-state index contributed by atoms with van der Waals surface area (Å²) in [5.41, 5.74) is 2.26. The summed E-state index contributed by atoms with van der Waals surface area (Å²) in [5.74, 6) is -1.24. The number of rotatable bonds is 6. The first-order chi connectivity index (χ1) is 16.4. The van der Waals surface area contributed by atoms with Gasteiger partial charge in [-0.1, -0.05) is 42.5 Å². The SMILES string of the molecule is CC1=C(C#N)C(=O)N(CCc2ccccc2)C(=O)/C1=C\c1ccc(-c2ccc(C(=O)O)cc2)o1. The minimum atomic E-state index is -1.02. The molecule has 3 aromatic rings. The summed E-state index contributed by atoms with van der Waals surface area (Å²) >= 11 is 0. The molecule has 1 aliphatic rings. The summed E-state index contributed by atoms with van der Waals surface area (Å²) in [6.07, 6.45) is 1.99. The number of benzene rings is 2. The lowest BCUT2D eigenvalue weighted by Gasteiger charge is -2.27. The Kier molecular flexibility index (Phi) is 6.24. The lowest BCUT2D eigenvalue weighted by atomic mass is 9.94. The third-order valence-corrected chi connectivity index (χ3v) is 5.62. The molecule has 0 radical (unpaired) electrons. The number of carbonyl (C=O) groups is 3. The Balaban J connectivity index is 1.63. The largest absolute Gasteiger partial charge is 0.478 e. The van der Waals surface area contributed by atoms with Crippen molar-refractivity contribution in [3.63, 3.8) is 0 Å². The number of carboxylic acids is 1. The van der Waals surface area contributed by atoms with Gasteiger partial charge in [-0.2, -0.15) is 5.26 Å². The molecule has 1 N–H and O–H groups in total. The van der Waals surface area contributed by atoms with Gasteiger partial charge < -0.3 is 9.52 Å². The third-order valence-electron chi connectivity index (χ3n) is 5.62. The second-order valence-electron chi connectivity index (χ2n) is 7.75. The van der Waals surface area contributed by atoms with E-state index in [1.54, 1.807) is 31.2 Å². The summed E-state index contributed by atoms with van der Waals surface area (Å²) in [6.45, 7) is 1.72. The number of nitrogens with zero attached hydrogens (tertiary/aromatic N) is 2. The summed E-state index contributed by atoms with van der Waals surface area (Å²) in [5, 5.41) is 18.6. The quantitative estimate of drug-likeness (QED) is 0.436. The van der Waals surface area contributed by atoms with Gasteiger partial charge in [-0.15, -0.1) is 0 Å². The molecule has 0 spiro atoms. The fraction of sp³-hybridized carbons (Fsp3) is 0.111. The molecule has 2 aromatic carbocycles. The van der Waals surface area contributed by atoms with Crippen molar-refractivity contribution >= 4 is 23.9 Å². The van der Waals surface area contributed by atoms with E-state index in [1.807, 2.05) is 36.4 Å². The minimum absolute atomic E-state index is 0.0741. The van der Waals surface area contributed by atoms with Gasteiger partial charge >= 0.3 is 5.97 Å². The Morgan fingerprint density at radius 2 is 1.74 bits per heavy atom. The molecule has 168 valence electrons. The smallest absolute Gasteiger partial charge is 0.335 e. The molecule has 2 heterocycles. The average Bonchev–Trinajstić information content (AvgIpc) is 3.31. The van der Waals surface area contributed by atoms with E-state index in [4.69, 9.17) is 9.52 Å². The number of carbonyl (C=O) groups excluding carboxylic acids is 2. The van der Waals surface area contributed by atoms with Gasteiger partial charge in [0.1, 0.15) is 23.2 Å². The van der Waals surface area contributed by atoms with Crippen LogP contribution in [-0.2, 0) is 16.0 Å². The van der Waals surface area contributed by atoms with Gasteiger partial charge in [0.05, 0.1) is 5.56 Å². The van der Waals surface area contributed by atoms with Gasteiger partial charge in [-0.25, -0.2) is 4.79 Å². The van der Waals surface area contributed by atoms with Gasteiger partial charge in [0.2, 0.25) is 0 Å². The zero-order chi connectivity index (χ0) is 24.2. The highest BCUT2D eigenvalue weighted by Gasteiger charge is 2.35. The first kappa shape index (κ1) is 22.5. The molecule has 0 bridgehead atoms. The molecule has 7 nitrogen and oxygen atoms in total. The number of carboxylic acid groups (broad SMARTS) is 1. The first-order valence-corrected chi connectivity index (χ1v) is 10.6. The maximum absolute atomic E-state index is 13.2. The van der Waals surface area contributed by atoms with Crippen molar-refractivity contribution in [2.24, 2.45) is 0 Å². The van der Waals surface area contributed by atoms with E-state index >= 15 is 0 Å².